The van der Waals surface area contributed by atoms with Crippen molar-refractivity contribution >= 4 is 23.2 Å². The van der Waals surface area contributed by atoms with Gasteiger partial charge in [0.1, 0.15) is 0 Å². The van der Waals surface area contributed by atoms with Gasteiger partial charge in [-0.15, -0.1) is 11.3 Å². The van der Waals surface area contributed by atoms with Crippen molar-refractivity contribution in [1.82, 2.24) is 14.8 Å². The average molecular weight is 338 g/mol. The Balaban J connectivity index is 1.90. The molecule has 0 radical (unpaired) electrons. The van der Waals surface area contributed by atoms with E-state index in [-0.39, 0.29) is 23.8 Å². The molecular weight excluding hydrogens is 312 g/mol. The quantitative estimate of drug-likeness (QED) is 0.882. The average Bonchev–Trinajstić information content (AvgIpc) is 2.84. The number of aromatic nitrogens is 1. The van der Waals surface area contributed by atoms with Gasteiger partial charge in [0.15, 0.2) is 0 Å². The number of nitrogens with two attached hydrogens (primary N) is 1. The molecule has 1 saturated heterocycles. The number of likely N-dealkylation sites (tertiary alicyclic amines) is 1. The number of piperidine rings is 1. The van der Waals surface area contributed by atoms with Crippen LogP contribution in [0, 0.1) is 19.8 Å². The van der Waals surface area contributed by atoms with Crippen molar-refractivity contribution in [1.29, 1.82) is 0 Å². The van der Waals surface area contributed by atoms with E-state index in [1.807, 2.05) is 27.8 Å². The van der Waals surface area contributed by atoms with Gasteiger partial charge in [-0.2, -0.15) is 0 Å². The summed E-state index contributed by atoms with van der Waals surface area (Å²) in [6.07, 6.45) is 1.48. The minimum atomic E-state index is -0.226. The van der Waals surface area contributed by atoms with Crippen LogP contribution in [0.4, 0.5) is 0 Å². The van der Waals surface area contributed by atoms with Crippen molar-refractivity contribution in [2.75, 3.05) is 26.7 Å². The SMILES string of the molecule is Cc1nc(C(C)N(C)C(=O)CN2CCC(C(N)=O)CC2)c(C)s1. The smallest absolute Gasteiger partial charge is 0.237 e. The maximum atomic E-state index is 12.5. The minimum Gasteiger partial charge on any atom is -0.369 e. The van der Waals surface area contributed by atoms with Crippen LogP contribution >= 0.6 is 11.3 Å². The second-order valence-electron chi connectivity index (χ2n) is 6.31. The third-order valence-electron chi connectivity index (χ3n) is 4.66. The summed E-state index contributed by atoms with van der Waals surface area (Å²) in [7, 11) is 1.83. The van der Waals surface area contributed by atoms with Gasteiger partial charge in [0.25, 0.3) is 0 Å². The second-order valence-corrected chi connectivity index (χ2v) is 7.72. The highest BCUT2D eigenvalue weighted by Crippen LogP contribution is 2.26. The zero-order chi connectivity index (χ0) is 17.1. The van der Waals surface area contributed by atoms with Crippen LogP contribution in [0.25, 0.3) is 0 Å². The van der Waals surface area contributed by atoms with Gasteiger partial charge in [0.05, 0.1) is 23.3 Å². The Bertz CT molecular complexity index is 579. The maximum Gasteiger partial charge on any atom is 0.237 e. The number of hydrogen-bond donors (Lipinski definition) is 1. The molecule has 2 N–H and O–H groups in total. The van der Waals surface area contributed by atoms with E-state index >= 15 is 0 Å². The molecule has 1 aliphatic rings. The van der Waals surface area contributed by atoms with Crippen LogP contribution in [0.3, 0.4) is 0 Å². The van der Waals surface area contributed by atoms with Crippen molar-refractivity contribution in [3.63, 3.8) is 0 Å². The monoisotopic (exact) mass is 338 g/mol. The fourth-order valence-corrected chi connectivity index (χ4v) is 3.92. The number of nitrogens with zero attached hydrogens (tertiary/aromatic N) is 3. The summed E-state index contributed by atoms with van der Waals surface area (Å²) in [5.41, 5.74) is 6.33. The zero-order valence-electron chi connectivity index (χ0n) is 14.3. The van der Waals surface area contributed by atoms with Gasteiger partial charge in [-0.25, -0.2) is 4.98 Å². The Morgan fingerprint density at radius 2 is 2.00 bits per heavy atom. The van der Waals surface area contributed by atoms with Gasteiger partial charge in [0.2, 0.25) is 11.8 Å². The first-order valence-corrected chi connectivity index (χ1v) is 8.82. The Hall–Kier alpha value is -1.47. The molecule has 1 aromatic heterocycles. The molecule has 1 fully saturated rings. The topological polar surface area (TPSA) is 79.5 Å². The summed E-state index contributed by atoms with van der Waals surface area (Å²) in [5, 5.41) is 1.03. The van der Waals surface area contributed by atoms with Crippen molar-refractivity contribution in [3.8, 4) is 0 Å². The summed E-state index contributed by atoms with van der Waals surface area (Å²) in [6.45, 7) is 7.92. The predicted molar refractivity (Wildman–Crippen MR) is 91.1 cm³/mol. The normalized spacial score (nSPS) is 17.9. The van der Waals surface area contributed by atoms with Crippen molar-refractivity contribution in [2.45, 2.75) is 39.7 Å². The summed E-state index contributed by atoms with van der Waals surface area (Å²) >= 11 is 1.66. The Morgan fingerprint density at radius 1 is 1.39 bits per heavy atom. The van der Waals surface area contributed by atoms with E-state index in [4.69, 9.17) is 5.73 Å². The number of aryl methyl sites for hydroxylation is 2. The first-order valence-electron chi connectivity index (χ1n) is 8.00. The first-order chi connectivity index (χ1) is 10.8. The molecule has 0 spiro atoms. The Labute approximate surface area is 141 Å². The Kier molecular flexibility index (Phi) is 5.75. The van der Waals surface area contributed by atoms with E-state index in [1.54, 1.807) is 16.2 Å². The van der Waals surface area contributed by atoms with Crippen LogP contribution in [-0.4, -0.2) is 53.3 Å². The fraction of sp³-hybridized carbons (Fsp3) is 0.688. The Morgan fingerprint density at radius 3 is 2.48 bits per heavy atom. The van der Waals surface area contributed by atoms with Gasteiger partial charge in [0, 0.05) is 17.8 Å². The number of thiazole rings is 1. The number of carbonyl (C=O) groups excluding carboxylic acids is 2. The number of likely N-dealkylation sites (N-methyl/N-ethyl adjacent to an activating group) is 1. The lowest BCUT2D eigenvalue weighted by molar-refractivity contribution is -0.133. The molecule has 0 bridgehead atoms. The fourth-order valence-electron chi connectivity index (χ4n) is 3.01. The third kappa shape index (κ3) is 4.29. The van der Waals surface area contributed by atoms with Crippen LogP contribution in [0.2, 0.25) is 0 Å². The number of primary amides is 1. The highest BCUT2D eigenvalue weighted by Gasteiger charge is 2.27. The molecule has 23 heavy (non-hydrogen) atoms. The molecule has 0 saturated carbocycles. The van der Waals surface area contributed by atoms with Crippen LogP contribution in [0.5, 0.6) is 0 Å². The maximum absolute atomic E-state index is 12.5. The van der Waals surface area contributed by atoms with Gasteiger partial charge in [-0.05, 0) is 46.7 Å². The highest BCUT2D eigenvalue weighted by molar-refractivity contribution is 7.11. The predicted octanol–water partition coefficient (Wildman–Crippen LogP) is 1.48. The van der Waals surface area contributed by atoms with Crippen LogP contribution in [0.15, 0.2) is 0 Å². The lowest BCUT2D eigenvalue weighted by Gasteiger charge is -2.32. The van der Waals surface area contributed by atoms with Gasteiger partial charge in [-0.1, -0.05) is 0 Å². The van der Waals surface area contributed by atoms with Crippen molar-refractivity contribution in [3.05, 3.63) is 15.6 Å². The summed E-state index contributed by atoms with van der Waals surface area (Å²) in [4.78, 5) is 33.3. The molecule has 1 atom stereocenters. The summed E-state index contributed by atoms with van der Waals surface area (Å²) in [6, 6.07) is -0.0318. The largest absolute Gasteiger partial charge is 0.369 e. The second kappa shape index (κ2) is 7.40. The number of rotatable bonds is 5. The van der Waals surface area contributed by atoms with E-state index in [0.717, 1.165) is 41.5 Å². The van der Waals surface area contributed by atoms with E-state index in [0.29, 0.717) is 6.54 Å². The van der Waals surface area contributed by atoms with Gasteiger partial charge >= 0.3 is 0 Å². The molecule has 2 heterocycles. The molecule has 0 aromatic carbocycles. The summed E-state index contributed by atoms with van der Waals surface area (Å²) < 4.78 is 0. The molecule has 2 rings (SSSR count). The van der Waals surface area contributed by atoms with Crippen molar-refractivity contribution < 1.29 is 9.59 Å². The van der Waals surface area contributed by atoms with Crippen LogP contribution < -0.4 is 5.73 Å². The molecule has 2 amide bonds. The van der Waals surface area contributed by atoms with Crippen LogP contribution in [0.1, 0.15) is 41.4 Å². The minimum absolute atomic E-state index is 0.0318. The van der Waals surface area contributed by atoms with Crippen molar-refractivity contribution in [2.24, 2.45) is 11.7 Å². The summed E-state index contributed by atoms with van der Waals surface area (Å²) in [5.74, 6) is -0.185. The van der Waals surface area contributed by atoms with E-state index < -0.39 is 0 Å². The molecule has 7 heteroatoms. The first kappa shape index (κ1) is 17.9. The van der Waals surface area contributed by atoms with Crippen LogP contribution in [-0.2, 0) is 9.59 Å². The lowest BCUT2D eigenvalue weighted by Crippen LogP contribution is -2.44. The molecule has 128 valence electrons. The lowest BCUT2D eigenvalue weighted by atomic mass is 9.96. The van der Waals surface area contributed by atoms with Gasteiger partial charge in [-0.3, -0.25) is 14.5 Å². The molecular formula is C16H26N4O2S. The molecule has 6 nitrogen and oxygen atoms in total. The standard InChI is InChI=1S/C16H26N4O2S/c1-10(15-11(2)23-12(3)18-15)19(4)14(21)9-20-7-5-13(6-8-20)16(17)22/h10,13H,5-9H2,1-4H3,(H2,17,22). The number of amides is 2. The molecule has 1 aliphatic heterocycles. The van der Waals surface area contributed by atoms with E-state index in [9.17, 15) is 9.59 Å². The molecule has 0 aliphatic carbocycles. The van der Waals surface area contributed by atoms with Gasteiger partial charge < -0.3 is 10.6 Å². The molecule has 1 aromatic rings. The van der Waals surface area contributed by atoms with E-state index in [2.05, 4.69) is 9.88 Å². The zero-order valence-corrected chi connectivity index (χ0v) is 15.2. The number of hydrogen-bond acceptors (Lipinski definition) is 5. The molecule has 1 unspecified atom stereocenters. The van der Waals surface area contributed by atoms with E-state index in [1.165, 1.54) is 0 Å². The third-order valence-corrected chi connectivity index (χ3v) is 5.56. The highest BCUT2D eigenvalue weighted by atomic mass is 32.1. The number of carbonyl (C=O) groups is 2.